The standard InChI is InChI=1S/C29H24O2/c1-19-15-20(2)24(21(3)16-19)10-6-5-9-22-13-14-23-18-28(29(30)31-4)26-12-8-7-11-25(26)27(23)17-22/h5,7-9,11-18H,1-4H3/b9-5+. The summed E-state index contributed by atoms with van der Waals surface area (Å²) >= 11 is 0. The molecule has 2 heteroatoms. The highest BCUT2D eigenvalue weighted by Crippen LogP contribution is 2.30. The van der Waals surface area contributed by atoms with E-state index in [0.29, 0.717) is 5.56 Å². The highest BCUT2D eigenvalue weighted by Gasteiger charge is 2.13. The Morgan fingerprint density at radius 2 is 1.58 bits per heavy atom. The molecule has 31 heavy (non-hydrogen) atoms. The fourth-order valence-electron chi connectivity index (χ4n) is 4.13. The number of benzene rings is 4. The van der Waals surface area contributed by atoms with Gasteiger partial charge in [-0.25, -0.2) is 4.79 Å². The van der Waals surface area contributed by atoms with Crippen LogP contribution >= 0.6 is 0 Å². The number of hydrogen-bond acceptors (Lipinski definition) is 2. The van der Waals surface area contributed by atoms with E-state index in [0.717, 1.165) is 32.7 Å². The van der Waals surface area contributed by atoms with Gasteiger partial charge in [0.1, 0.15) is 0 Å². The first-order valence-corrected chi connectivity index (χ1v) is 10.3. The van der Waals surface area contributed by atoms with E-state index < -0.39 is 0 Å². The SMILES string of the molecule is COC(=O)c1cc2ccc(/C=C/C#Cc3c(C)cc(C)cc3C)cc2c2ccccc12. The summed E-state index contributed by atoms with van der Waals surface area (Å²) in [6.07, 6.45) is 3.92. The minimum Gasteiger partial charge on any atom is -0.465 e. The summed E-state index contributed by atoms with van der Waals surface area (Å²) in [5.74, 6) is 6.14. The van der Waals surface area contributed by atoms with Crippen molar-refractivity contribution in [3.63, 3.8) is 0 Å². The van der Waals surface area contributed by atoms with Gasteiger partial charge in [0, 0.05) is 5.56 Å². The molecule has 4 aromatic rings. The minimum absolute atomic E-state index is 0.320. The summed E-state index contributed by atoms with van der Waals surface area (Å²) in [7, 11) is 1.41. The van der Waals surface area contributed by atoms with Crippen molar-refractivity contribution in [2.24, 2.45) is 0 Å². The number of ether oxygens (including phenoxy) is 1. The van der Waals surface area contributed by atoms with Gasteiger partial charge in [0.05, 0.1) is 12.7 Å². The Balaban J connectivity index is 1.73. The number of carbonyl (C=O) groups is 1. The number of hydrogen-bond donors (Lipinski definition) is 0. The minimum atomic E-state index is -0.320. The highest BCUT2D eigenvalue weighted by molar-refractivity contribution is 6.16. The van der Waals surface area contributed by atoms with Crippen molar-refractivity contribution in [2.45, 2.75) is 20.8 Å². The van der Waals surface area contributed by atoms with Crippen molar-refractivity contribution in [1.29, 1.82) is 0 Å². The first-order chi connectivity index (χ1) is 15.0. The summed E-state index contributed by atoms with van der Waals surface area (Å²) in [6, 6.07) is 20.4. The van der Waals surface area contributed by atoms with Gasteiger partial charge in [-0.05, 0) is 83.3 Å². The second-order valence-corrected chi connectivity index (χ2v) is 7.82. The van der Waals surface area contributed by atoms with Crippen molar-refractivity contribution in [3.05, 3.63) is 100 Å². The van der Waals surface area contributed by atoms with Crippen LogP contribution in [-0.4, -0.2) is 13.1 Å². The van der Waals surface area contributed by atoms with Crippen LogP contribution in [0.2, 0.25) is 0 Å². The number of aryl methyl sites for hydroxylation is 3. The summed E-state index contributed by atoms with van der Waals surface area (Å²) in [4.78, 5) is 12.2. The lowest BCUT2D eigenvalue weighted by atomic mass is 9.96. The monoisotopic (exact) mass is 404 g/mol. The number of methoxy groups -OCH3 is 1. The average molecular weight is 405 g/mol. The predicted molar refractivity (Wildman–Crippen MR) is 129 cm³/mol. The van der Waals surface area contributed by atoms with Crippen LogP contribution in [0.3, 0.4) is 0 Å². The third-order valence-electron chi connectivity index (χ3n) is 5.52. The van der Waals surface area contributed by atoms with Gasteiger partial charge in [0.2, 0.25) is 0 Å². The molecule has 4 aromatic carbocycles. The van der Waals surface area contributed by atoms with Crippen LogP contribution in [0.15, 0.2) is 66.7 Å². The lowest BCUT2D eigenvalue weighted by molar-refractivity contribution is 0.0603. The van der Waals surface area contributed by atoms with Crippen LogP contribution in [0, 0.1) is 32.6 Å². The Hall–Kier alpha value is -3.83. The van der Waals surface area contributed by atoms with E-state index in [-0.39, 0.29) is 5.97 Å². The van der Waals surface area contributed by atoms with E-state index in [4.69, 9.17) is 4.74 Å². The van der Waals surface area contributed by atoms with Gasteiger partial charge in [-0.1, -0.05) is 65.9 Å². The van der Waals surface area contributed by atoms with Crippen LogP contribution in [-0.2, 0) is 4.74 Å². The number of allylic oxidation sites excluding steroid dienone is 1. The molecule has 2 nitrogen and oxygen atoms in total. The summed E-state index contributed by atoms with van der Waals surface area (Å²) in [5.41, 5.74) is 6.41. The molecule has 0 bridgehead atoms. The molecule has 0 fully saturated rings. The van der Waals surface area contributed by atoms with Crippen molar-refractivity contribution in [1.82, 2.24) is 0 Å². The molecule has 4 rings (SSSR count). The van der Waals surface area contributed by atoms with Gasteiger partial charge in [0.15, 0.2) is 0 Å². The molecule has 0 radical (unpaired) electrons. The summed E-state index contributed by atoms with van der Waals surface area (Å²) in [6.45, 7) is 6.31. The average Bonchev–Trinajstić information content (AvgIpc) is 2.76. The lowest BCUT2D eigenvalue weighted by Crippen LogP contribution is -2.02. The maximum absolute atomic E-state index is 12.2. The molecule has 0 saturated carbocycles. The Bertz CT molecular complexity index is 1390. The smallest absolute Gasteiger partial charge is 0.338 e. The van der Waals surface area contributed by atoms with E-state index in [1.807, 2.05) is 54.6 Å². The molecule has 0 N–H and O–H groups in total. The van der Waals surface area contributed by atoms with Crippen LogP contribution in [0.5, 0.6) is 0 Å². The van der Waals surface area contributed by atoms with Crippen LogP contribution in [0.1, 0.15) is 38.2 Å². The second-order valence-electron chi connectivity index (χ2n) is 7.82. The molecular formula is C29H24O2. The highest BCUT2D eigenvalue weighted by atomic mass is 16.5. The molecule has 0 aliphatic heterocycles. The molecular weight excluding hydrogens is 380 g/mol. The first-order valence-electron chi connectivity index (χ1n) is 10.3. The third-order valence-corrected chi connectivity index (χ3v) is 5.52. The van der Waals surface area contributed by atoms with E-state index in [9.17, 15) is 4.79 Å². The van der Waals surface area contributed by atoms with Crippen LogP contribution in [0.4, 0.5) is 0 Å². The topological polar surface area (TPSA) is 26.3 Å². The molecule has 152 valence electrons. The third kappa shape index (κ3) is 4.09. The zero-order valence-corrected chi connectivity index (χ0v) is 18.2. The summed E-state index contributed by atoms with van der Waals surface area (Å²) < 4.78 is 4.98. The molecule has 0 heterocycles. The molecule has 0 amide bonds. The molecule has 0 atom stereocenters. The maximum atomic E-state index is 12.2. The molecule has 0 aliphatic rings. The van der Waals surface area contributed by atoms with E-state index >= 15 is 0 Å². The fourth-order valence-corrected chi connectivity index (χ4v) is 4.13. The number of carbonyl (C=O) groups excluding carboxylic acids is 1. The van der Waals surface area contributed by atoms with Gasteiger partial charge in [-0.2, -0.15) is 0 Å². The van der Waals surface area contributed by atoms with E-state index in [1.54, 1.807) is 0 Å². The summed E-state index contributed by atoms with van der Waals surface area (Å²) in [5, 5.41) is 4.04. The molecule has 0 saturated heterocycles. The van der Waals surface area contributed by atoms with Crippen LogP contribution < -0.4 is 0 Å². The van der Waals surface area contributed by atoms with Gasteiger partial charge >= 0.3 is 5.97 Å². The largest absolute Gasteiger partial charge is 0.465 e. The predicted octanol–water partition coefficient (Wildman–Crippen LogP) is 6.77. The fraction of sp³-hybridized carbons (Fsp3) is 0.138. The van der Waals surface area contributed by atoms with Gasteiger partial charge in [-0.15, -0.1) is 0 Å². The van der Waals surface area contributed by atoms with Gasteiger partial charge < -0.3 is 4.74 Å². The van der Waals surface area contributed by atoms with Crippen molar-refractivity contribution >= 4 is 33.6 Å². The number of rotatable bonds is 2. The van der Waals surface area contributed by atoms with E-state index in [2.05, 4.69) is 50.8 Å². The first kappa shape index (κ1) is 20.4. The molecule has 0 aromatic heterocycles. The normalized spacial score (nSPS) is 11.0. The second kappa shape index (κ2) is 8.50. The van der Waals surface area contributed by atoms with Crippen molar-refractivity contribution in [2.75, 3.05) is 7.11 Å². The Kier molecular flexibility index (Phi) is 5.60. The zero-order valence-electron chi connectivity index (χ0n) is 18.2. The van der Waals surface area contributed by atoms with Crippen molar-refractivity contribution in [3.8, 4) is 11.8 Å². The quantitative estimate of drug-likeness (QED) is 0.209. The number of esters is 1. The molecule has 0 unspecified atom stereocenters. The lowest BCUT2D eigenvalue weighted by Gasteiger charge is -2.09. The Morgan fingerprint density at radius 1 is 0.871 bits per heavy atom. The Labute approximate surface area is 183 Å². The van der Waals surface area contributed by atoms with Gasteiger partial charge in [-0.3, -0.25) is 0 Å². The molecule has 0 aliphatic carbocycles. The maximum Gasteiger partial charge on any atom is 0.338 e. The molecule has 0 spiro atoms. The van der Waals surface area contributed by atoms with Crippen LogP contribution in [0.25, 0.3) is 27.6 Å². The van der Waals surface area contributed by atoms with Gasteiger partial charge in [0.25, 0.3) is 0 Å². The van der Waals surface area contributed by atoms with Crippen molar-refractivity contribution < 1.29 is 9.53 Å². The zero-order chi connectivity index (χ0) is 22.0. The number of fused-ring (bicyclic) bond motifs is 3. The Morgan fingerprint density at radius 3 is 2.29 bits per heavy atom. The van der Waals surface area contributed by atoms with E-state index in [1.165, 1.54) is 23.8 Å².